The van der Waals surface area contributed by atoms with Crippen molar-refractivity contribution < 1.29 is 8.83 Å². The number of furan rings is 1. The molecule has 0 saturated carbocycles. The van der Waals surface area contributed by atoms with Gasteiger partial charge in [-0.3, -0.25) is 4.90 Å². The van der Waals surface area contributed by atoms with Crippen LogP contribution in [0.1, 0.15) is 28.3 Å². The van der Waals surface area contributed by atoms with Gasteiger partial charge in [0.1, 0.15) is 22.4 Å². The molecule has 6 heteroatoms. The summed E-state index contributed by atoms with van der Waals surface area (Å²) in [5.74, 6) is 1.30. The number of aromatic nitrogens is 1. The normalized spacial score (nSPS) is 17.5. The Morgan fingerprint density at radius 3 is 2.74 bits per heavy atom. The minimum atomic E-state index is -0.233. The molecule has 27 heavy (non-hydrogen) atoms. The van der Waals surface area contributed by atoms with Gasteiger partial charge in [-0.2, -0.15) is 0 Å². The molecular formula is C21H18Cl2N2O2. The maximum absolute atomic E-state index is 6.75. The maximum atomic E-state index is 6.75. The minimum absolute atomic E-state index is 0. The smallest absolute Gasteiger partial charge is 0.220 e. The zero-order chi connectivity index (χ0) is 17.7. The molecule has 4 nitrogen and oxygen atoms in total. The van der Waals surface area contributed by atoms with Gasteiger partial charge in [0.2, 0.25) is 5.89 Å². The fraction of sp³-hybridized carbons (Fsp3) is 0.190. The standard InChI is InChI=1S/C21H17ClN2O2.ClH/c1-24-12-11-13-5-4-8-16-19(13)20(21(24)22)17(25-16)9-10-18-23-14-6-2-3-7-15(14)26-18;/h2-10,21H,11-12H2,1H3;1H. The molecule has 0 bridgehead atoms. The van der Waals surface area contributed by atoms with Crippen LogP contribution >= 0.6 is 24.0 Å². The number of likely N-dealkylation sites (N-methyl/N-ethyl adjacent to an activating group) is 1. The first-order valence-electron chi connectivity index (χ1n) is 8.63. The highest BCUT2D eigenvalue weighted by atomic mass is 35.5. The van der Waals surface area contributed by atoms with Gasteiger partial charge in [0.05, 0.1) is 0 Å². The van der Waals surface area contributed by atoms with E-state index in [-0.39, 0.29) is 17.9 Å². The lowest BCUT2D eigenvalue weighted by atomic mass is 10.0. The van der Waals surface area contributed by atoms with E-state index >= 15 is 0 Å². The highest BCUT2D eigenvalue weighted by Gasteiger charge is 2.27. The Kier molecular flexibility index (Phi) is 4.72. The minimum Gasteiger partial charge on any atom is -0.456 e. The highest BCUT2D eigenvalue weighted by molar-refractivity contribution is 6.22. The summed E-state index contributed by atoms with van der Waals surface area (Å²) in [5, 5.41) is 1.13. The molecule has 0 spiro atoms. The molecular weight excluding hydrogens is 383 g/mol. The number of para-hydroxylation sites is 2. The number of halogens is 2. The van der Waals surface area contributed by atoms with Gasteiger partial charge in [-0.25, -0.2) is 4.98 Å². The van der Waals surface area contributed by atoms with Crippen molar-refractivity contribution in [2.75, 3.05) is 13.6 Å². The molecule has 1 aliphatic heterocycles. The van der Waals surface area contributed by atoms with Crippen molar-refractivity contribution in [2.24, 2.45) is 0 Å². The summed E-state index contributed by atoms with van der Waals surface area (Å²) in [6.45, 7) is 0.913. The number of rotatable bonds is 2. The number of hydrogen-bond donors (Lipinski definition) is 0. The zero-order valence-electron chi connectivity index (χ0n) is 14.7. The van der Waals surface area contributed by atoms with Gasteiger partial charge < -0.3 is 8.83 Å². The van der Waals surface area contributed by atoms with Crippen LogP contribution in [0.3, 0.4) is 0 Å². The molecule has 1 atom stereocenters. The number of oxazole rings is 1. The monoisotopic (exact) mass is 400 g/mol. The van der Waals surface area contributed by atoms with E-state index in [0.29, 0.717) is 5.89 Å². The highest BCUT2D eigenvalue weighted by Crippen LogP contribution is 2.40. The Morgan fingerprint density at radius 2 is 1.89 bits per heavy atom. The van der Waals surface area contributed by atoms with Crippen molar-refractivity contribution in [1.82, 2.24) is 9.88 Å². The van der Waals surface area contributed by atoms with Crippen LogP contribution in [0, 0.1) is 0 Å². The lowest BCUT2D eigenvalue weighted by molar-refractivity contribution is 0.320. The summed E-state index contributed by atoms with van der Waals surface area (Å²) in [5.41, 5.74) is 4.54. The fourth-order valence-corrected chi connectivity index (χ4v) is 3.89. The lowest BCUT2D eigenvalue weighted by Gasteiger charge is -2.20. The van der Waals surface area contributed by atoms with Crippen LogP contribution in [0.2, 0.25) is 0 Å². The van der Waals surface area contributed by atoms with Crippen molar-refractivity contribution in [2.45, 2.75) is 11.9 Å². The van der Waals surface area contributed by atoms with Gasteiger partial charge in [0.25, 0.3) is 0 Å². The number of hydrogen-bond acceptors (Lipinski definition) is 4. The molecule has 0 amide bonds. The third kappa shape index (κ3) is 3.04. The van der Waals surface area contributed by atoms with Gasteiger partial charge in [-0.15, -0.1) is 24.0 Å². The molecule has 4 aromatic rings. The van der Waals surface area contributed by atoms with Crippen molar-refractivity contribution in [3.05, 3.63) is 65.2 Å². The molecule has 2 aromatic heterocycles. The fourth-order valence-electron chi connectivity index (χ4n) is 3.57. The van der Waals surface area contributed by atoms with Crippen LogP contribution in [0.5, 0.6) is 0 Å². The molecule has 0 radical (unpaired) electrons. The van der Waals surface area contributed by atoms with E-state index in [9.17, 15) is 0 Å². The Labute approximate surface area is 167 Å². The third-order valence-corrected chi connectivity index (χ3v) is 5.47. The number of alkyl halides is 1. The average Bonchev–Trinajstić information content (AvgIpc) is 3.21. The molecule has 3 heterocycles. The number of fused-ring (bicyclic) bond motifs is 1. The van der Waals surface area contributed by atoms with Gasteiger partial charge >= 0.3 is 0 Å². The van der Waals surface area contributed by atoms with Crippen LogP contribution in [0.15, 0.2) is 51.3 Å². The van der Waals surface area contributed by atoms with Crippen LogP contribution in [0.25, 0.3) is 34.2 Å². The van der Waals surface area contributed by atoms with E-state index < -0.39 is 0 Å². The van der Waals surface area contributed by atoms with Gasteiger partial charge in [0, 0.05) is 23.6 Å². The topological polar surface area (TPSA) is 42.4 Å². The average molecular weight is 401 g/mol. The summed E-state index contributed by atoms with van der Waals surface area (Å²) in [6, 6.07) is 13.9. The van der Waals surface area contributed by atoms with Crippen LogP contribution < -0.4 is 0 Å². The first-order chi connectivity index (χ1) is 12.7. The largest absolute Gasteiger partial charge is 0.456 e. The molecule has 0 aliphatic carbocycles. The Hall–Kier alpha value is -2.27. The SMILES string of the molecule is CN1CCc2cccc3oc(C=Cc4nc5ccccc5o4)c(c23)C1Cl.Cl. The second kappa shape index (κ2) is 7.04. The quantitative estimate of drug-likeness (QED) is 0.310. The molecule has 5 rings (SSSR count). The lowest BCUT2D eigenvalue weighted by Crippen LogP contribution is -2.21. The van der Waals surface area contributed by atoms with Crippen LogP contribution in [0.4, 0.5) is 0 Å². The molecule has 138 valence electrons. The molecule has 0 fully saturated rings. The first kappa shape index (κ1) is 18.1. The second-order valence-electron chi connectivity index (χ2n) is 6.59. The molecule has 0 saturated heterocycles. The number of nitrogens with zero attached hydrogens (tertiary/aromatic N) is 2. The third-order valence-electron chi connectivity index (χ3n) is 4.91. The summed E-state index contributed by atoms with van der Waals surface area (Å²) in [7, 11) is 2.04. The first-order valence-corrected chi connectivity index (χ1v) is 9.06. The summed E-state index contributed by atoms with van der Waals surface area (Å²) >= 11 is 6.75. The zero-order valence-corrected chi connectivity index (χ0v) is 16.3. The van der Waals surface area contributed by atoms with E-state index in [0.717, 1.165) is 46.4 Å². The predicted molar refractivity (Wildman–Crippen MR) is 111 cm³/mol. The van der Waals surface area contributed by atoms with Crippen molar-refractivity contribution in [3.63, 3.8) is 0 Å². The van der Waals surface area contributed by atoms with E-state index in [1.807, 2.05) is 55.6 Å². The maximum Gasteiger partial charge on any atom is 0.220 e. The van der Waals surface area contributed by atoms with Crippen molar-refractivity contribution >= 4 is 58.2 Å². The van der Waals surface area contributed by atoms with Crippen molar-refractivity contribution in [1.29, 1.82) is 0 Å². The van der Waals surface area contributed by atoms with E-state index in [4.69, 9.17) is 20.4 Å². The van der Waals surface area contributed by atoms with E-state index in [1.165, 1.54) is 5.56 Å². The Balaban J connectivity index is 0.00000180. The van der Waals surface area contributed by atoms with Crippen LogP contribution in [-0.4, -0.2) is 23.5 Å². The number of benzene rings is 2. The molecule has 0 N–H and O–H groups in total. The molecule has 1 unspecified atom stereocenters. The molecule has 2 aromatic carbocycles. The van der Waals surface area contributed by atoms with Gasteiger partial charge in [-0.05, 0) is 43.3 Å². The van der Waals surface area contributed by atoms with Crippen molar-refractivity contribution in [3.8, 4) is 0 Å². The van der Waals surface area contributed by atoms with Crippen LogP contribution in [-0.2, 0) is 6.42 Å². The summed E-state index contributed by atoms with van der Waals surface area (Å²) in [4.78, 5) is 6.62. The summed E-state index contributed by atoms with van der Waals surface area (Å²) in [6.07, 6.45) is 4.69. The summed E-state index contributed by atoms with van der Waals surface area (Å²) < 4.78 is 11.9. The van der Waals surface area contributed by atoms with Gasteiger partial charge in [0.15, 0.2) is 5.58 Å². The molecule has 1 aliphatic rings. The van der Waals surface area contributed by atoms with E-state index in [1.54, 1.807) is 0 Å². The predicted octanol–water partition coefficient (Wildman–Crippen LogP) is 5.89. The second-order valence-corrected chi connectivity index (χ2v) is 7.00. The van der Waals surface area contributed by atoms with Gasteiger partial charge in [-0.1, -0.05) is 24.3 Å². The Morgan fingerprint density at radius 1 is 1.07 bits per heavy atom. The Bertz CT molecular complexity index is 1110. The van der Waals surface area contributed by atoms with E-state index in [2.05, 4.69) is 16.0 Å².